The average Bonchev–Trinajstić information content (AvgIpc) is 4.15. The molecule has 0 aliphatic carbocycles. The number of aliphatic hydroxyl groups excluding tert-OH is 2. The number of carbonyl (C=O) groups is 1. The zero-order chi connectivity index (χ0) is 58.2. The zero-order valence-corrected chi connectivity index (χ0v) is 46.5. The molecule has 450 valence electrons. The Labute approximate surface area is 464 Å². The lowest BCUT2D eigenvalue weighted by Crippen LogP contribution is -2.34. The topological polar surface area (TPSA) is 331 Å². The fraction of sp³-hybridized carbons (Fsp3) is 0.592. The Kier molecular flexibility index (Phi) is 26.9. The summed E-state index contributed by atoms with van der Waals surface area (Å²) in [5.74, 6) is -6.20. The van der Waals surface area contributed by atoms with Gasteiger partial charge in [0.05, 0.1) is 143 Å². The van der Waals surface area contributed by atoms with Crippen molar-refractivity contribution in [3.8, 4) is 5.75 Å². The van der Waals surface area contributed by atoms with Gasteiger partial charge < -0.3 is 81.7 Å². The van der Waals surface area contributed by atoms with E-state index in [1.807, 2.05) is 23.1 Å². The maximum atomic E-state index is 13.6. The number of hydrogen-bond donors (Lipinski definition) is 5. The number of aromatic nitrogens is 7. The number of aryl methyl sites for hydroxylation is 2. The van der Waals surface area contributed by atoms with Crippen LogP contribution in [0.15, 0.2) is 48.8 Å². The summed E-state index contributed by atoms with van der Waals surface area (Å²) in [5, 5.41) is 34.9. The van der Waals surface area contributed by atoms with Crippen molar-refractivity contribution in [1.29, 1.82) is 0 Å². The summed E-state index contributed by atoms with van der Waals surface area (Å²) in [6, 6.07) is 8.86. The number of benzene rings is 2. The molecule has 0 spiro atoms. The SMILES string of the molecule is CCc1ccccc1CN(CCOCCOCCOCCOCc1cn(CCOCCOCCOCCOCCC(=O)Oc2c(F)cc(F)cc2F)nn1)c1nc(C)nc2c1cnn2[C@@H]1O[C@H](COP(=O)(O)CP(=O)(O)O)[C@@H](O)[C@H]1O. The van der Waals surface area contributed by atoms with Crippen molar-refractivity contribution in [1.82, 2.24) is 34.7 Å². The van der Waals surface area contributed by atoms with Gasteiger partial charge in [-0.1, -0.05) is 36.4 Å². The lowest BCUT2D eigenvalue weighted by atomic mass is 10.0. The normalized spacial score (nSPS) is 17.3. The third kappa shape index (κ3) is 22.0. The lowest BCUT2D eigenvalue weighted by molar-refractivity contribution is -0.136. The molecule has 1 unspecified atom stereocenters. The first-order valence-electron chi connectivity index (χ1n) is 25.8. The molecule has 5 aromatic rings. The molecule has 4 heterocycles. The molecule has 1 aliphatic heterocycles. The summed E-state index contributed by atoms with van der Waals surface area (Å²) >= 11 is 0. The van der Waals surface area contributed by atoms with Crippen molar-refractivity contribution in [3.63, 3.8) is 0 Å². The van der Waals surface area contributed by atoms with Gasteiger partial charge >= 0.3 is 21.2 Å². The Morgan fingerprint density at radius 3 is 1.96 bits per heavy atom. The first-order valence-corrected chi connectivity index (χ1v) is 29.4. The van der Waals surface area contributed by atoms with Gasteiger partial charge in [-0.2, -0.15) is 5.10 Å². The van der Waals surface area contributed by atoms with Crippen molar-refractivity contribution >= 4 is 38.0 Å². The van der Waals surface area contributed by atoms with Gasteiger partial charge in [-0.15, -0.1) is 5.10 Å². The van der Waals surface area contributed by atoms with Crippen molar-refractivity contribution < 1.29 is 104 Å². The number of anilines is 1. The highest BCUT2D eigenvalue weighted by molar-refractivity contribution is 7.70. The largest absolute Gasteiger partial charge is 0.420 e. The molecule has 6 rings (SSSR count). The van der Waals surface area contributed by atoms with E-state index in [2.05, 4.69) is 38.1 Å². The summed E-state index contributed by atoms with van der Waals surface area (Å²) in [6.45, 7) is 8.92. The van der Waals surface area contributed by atoms with Crippen LogP contribution in [-0.2, 0) is 87.2 Å². The minimum atomic E-state index is -4.90. The molecule has 0 radical (unpaired) electrons. The predicted molar refractivity (Wildman–Crippen MR) is 278 cm³/mol. The monoisotopic (exact) mass is 1190 g/mol. The van der Waals surface area contributed by atoms with Crippen LogP contribution < -0.4 is 9.64 Å². The molecule has 3 aromatic heterocycles. The molecule has 0 bridgehead atoms. The van der Waals surface area contributed by atoms with E-state index in [0.29, 0.717) is 134 Å². The van der Waals surface area contributed by atoms with Crippen molar-refractivity contribution in [2.45, 2.75) is 70.9 Å². The van der Waals surface area contributed by atoms with E-state index >= 15 is 0 Å². The number of aliphatic hydroxyl groups is 2. The Hall–Kier alpha value is -4.95. The van der Waals surface area contributed by atoms with Crippen LogP contribution in [0.1, 0.15) is 42.2 Å². The molecule has 81 heavy (non-hydrogen) atoms. The van der Waals surface area contributed by atoms with Gasteiger partial charge in [-0.05, 0) is 24.5 Å². The van der Waals surface area contributed by atoms with Crippen LogP contribution in [-0.4, -0.2) is 202 Å². The summed E-state index contributed by atoms with van der Waals surface area (Å²) in [7, 11) is -9.67. The number of nitrogens with zero attached hydrogens (tertiary/aromatic N) is 8. The highest BCUT2D eigenvalue weighted by atomic mass is 31.2. The van der Waals surface area contributed by atoms with Crippen LogP contribution in [0.5, 0.6) is 5.75 Å². The molecule has 1 aliphatic rings. The standard InChI is InChI=1S/C49H69F3N8O19P2/c1-3-35-6-4-5-7-36(35)29-58(47-39-28-53-60(48(39)55-34(2)54-47)49-45(63)44(62)42(78-49)32-77-81(67,68)33-80(64,65)66)9-12-70-15-18-73-22-23-75-24-25-76-31-38-30-59(57-56-38)10-13-71-16-19-74-21-20-72-17-14-69-11-8-43(61)79-46-40(51)26-37(50)27-41(46)52/h4-7,26-28,30,42,44-45,49,62-63H,3,8-25,29,31-33H2,1-2H3,(H,67,68)(H2,64,65,66)/t42-,44-,45-,49-/m1/s1. The highest BCUT2D eigenvalue weighted by Gasteiger charge is 2.46. The quantitative estimate of drug-likeness (QED) is 0.0163. The molecule has 0 amide bonds. The van der Waals surface area contributed by atoms with E-state index in [1.54, 1.807) is 17.8 Å². The van der Waals surface area contributed by atoms with Crippen LogP contribution >= 0.6 is 15.2 Å². The second-order valence-corrected chi connectivity index (χ2v) is 22.0. The number of carbonyl (C=O) groups excluding carboxylic acids is 1. The van der Waals surface area contributed by atoms with Gasteiger partial charge in [0.2, 0.25) is 5.75 Å². The molecule has 0 saturated carbocycles. The fourth-order valence-corrected chi connectivity index (χ4v) is 10.5. The lowest BCUT2D eigenvalue weighted by Gasteiger charge is -2.26. The van der Waals surface area contributed by atoms with E-state index in [1.165, 1.54) is 10.9 Å². The minimum absolute atomic E-state index is 0.0652. The van der Waals surface area contributed by atoms with Crippen LogP contribution in [0.4, 0.5) is 19.0 Å². The van der Waals surface area contributed by atoms with Crippen molar-refractivity contribution in [3.05, 3.63) is 88.9 Å². The van der Waals surface area contributed by atoms with Crippen LogP contribution in [0.3, 0.4) is 0 Å². The van der Waals surface area contributed by atoms with E-state index in [4.69, 9.17) is 61.9 Å². The second-order valence-electron chi connectivity index (χ2n) is 18.0. The summed E-state index contributed by atoms with van der Waals surface area (Å²) in [5.41, 5.74) is 3.13. The molecule has 1 fully saturated rings. The minimum Gasteiger partial charge on any atom is -0.420 e. The first kappa shape index (κ1) is 65.2. The summed E-state index contributed by atoms with van der Waals surface area (Å²) in [4.78, 5) is 51.4. The Bertz CT molecular complexity index is 2800. The second kappa shape index (κ2) is 33.4. The average molecular weight is 1190 g/mol. The van der Waals surface area contributed by atoms with Gasteiger partial charge in [0.1, 0.15) is 41.5 Å². The van der Waals surface area contributed by atoms with Gasteiger partial charge in [0.15, 0.2) is 29.4 Å². The molecule has 1 saturated heterocycles. The first-order chi connectivity index (χ1) is 38.9. The molecule has 32 heteroatoms. The molecule has 5 N–H and O–H groups in total. The van der Waals surface area contributed by atoms with Crippen LogP contribution in [0.2, 0.25) is 0 Å². The summed E-state index contributed by atoms with van der Waals surface area (Å²) < 4.78 is 127. The maximum Gasteiger partial charge on any atom is 0.340 e. The fourth-order valence-electron chi connectivity index (χ4n) is 7.89. The Balaban J connectivity index is 0.794. The van der Waals surface area contributed by atoms with E-state index in [9.17, 15) is 42.2 Å². The highest BCUT2D eigenvalue weighted by Crippen LogP contribution is 2.55. The predicted octanol–water partition coefficient (Wildman–Crippen LogP) is 3.00. The van der Waals surface area contributed by atoms with Gasteiger partial charge in [0, 0.05) is 25.2 Å². The number of esters is 1. The van der Waals surface area contributed by atoms with E-state index in [0.717, 1.165) is 17.5 Å². The Morgan fingerprint density at radius 2 is 1.35 bits per heavy atom. The van der Waals surface area contributed by atoms with Gasteiger partial charge in [0.25, 0.3) is 0 Å². The van der Waals surface area contributed by atoms with E-state index in [-0.39, 0.29) is 38.5 Å². The maximum absolute atomic E-state index is 13.6. The van der Waals surface area contributed by atoms with Crippen LogP contribution in [0.25, 0.3) is 11.0 Å². The number of rotatable bonds is 40. The summed E-state index contributed by atoms with van der Waals surface area (Å²) in [6.07, 6.45) is -2.08. The molecule has 27 nitrogen and oxygen atoms in total. The number of fused-ring (bicyclic) bond motifs is 1. The molecule has 5 atom stereocenters. The number of halogens is 3. The van der Waals surface area contributed by atoms with Gasteiger partial charge in [-0.3, -0.25) is 13.9 Å². The van der Waals surface area contributed by atoms with Crippen molar-refractivity contribution in [2.75, 3.05) is 123 Å². The third-order valence-corrected chi connectivity index (χ3v) is 15.2. The number of hydrogen-bond acceptors (Lipinski definition) is 22. The third-order valence-electron chi connectivity index (χ3n) is 11.8. The Morgan fingerprint density at radius 1 is 0.765 bits per heavy atom. The number of ether oxygens (including phenoxy) is 10. The zero-order valence-electron chi connectivity index (χ0n) is 44.7. The molecular weight excluding hydrogens is 1120 g/mol. The smallest absolute Gasteiger partial charge is 0.340 e. The van der Waals surface area contributed by atoms with E-state index < -0.39 is 81.4 Å². The van der Waals surface area contributed by atoms with Gasteiger partial charge in [-0.25, -0.2) is 32.5 Å². The van der Waals surface area contributed by atoms with Crippen molar-refractivity contribution in [2.24, 2.45) is 0 Å². The molecular formula is C49H69F3N8O19P2. The van der Waals surface area contributed by atoms with Crippen LogP contribution in [0, 0.1) is 24.4 Å². The molecule has 2 aromatic carbocycles.